The lowest BCUT2D eigenvalue weighted by Gasteiger charge is -2.34. The molecule has 2 aliphatic rings. The van der Waals surface area contributed by atoms with Crippen LogP contribution in [0.5, 0.6) is 0 Å². The molecule has 0 bridgehead atoms. The first-order chi connectivity index (χ1) is 12.7. The van der Waals surface area contributed by atoms with Crippen molar-refractivity contribution in [3.8, 4) is 5.69 Å². The van der Waals surface area contributed by atoms with Gasteiger partial charge in [0.05, 0.1) is 17.2 Å². The molecule has 5 rings (SSSR count). The molecule has 2 atom stereocenters. The summed E-state index contributed by atoms with van der Waals surface area (Å²) in [7, 11) is 0. The van der Waals surface area contributed by atoms with Gasteiger partial charge in [0.2, 0.25) is 0 Å². The van der Waals surface area contributed by atoms with Crippen molar-refractivity contribution in [3.05, 3.63) is 80.4 Å². The van der Waals surface area contributed by atoms with Gasteiger partial charge in [-0.3, -0.25) is 14.7 Å². The molecule has 2 N–H and O–H groups in total. The number of aromatic nitrogens is 2. The Morgan fingerprint density at radius 1 is 1.04 bits per heavy atom. The van der Waals surface area contributed by atoms with Gasteiger partial charge in [-0.1, -0.05) is 30.3 Å². The summed E-state index contributed by atoms with van der Waals surface area (Å²) in [6.07, 6.45) is 3.37. The number of fused-ring (bicyclic) bond motifs is 2. The fourth-order valence-electron chi connectivity index (χ4n) is 4.00. The molecule has 2 aromatic heterocycles. The van der Waals surface area contributed by atoms with Crippen LogP contribution >= 0.6 is 11.3 Å². The van der Waals surface area contributed by atoms with E-state index in [2.05, 4.69) is 16.5 Å². The number of nitrogens with zero attached hydrogens (tertiary/aromatic N) is 1. The second-order valence-corrected chi connectivity index (χ2v) is 7.62. The predicted octanol–water partition coefficient (Wildman–Crippen LogP) is 3.65. The molecule has 0 saturated carbocycles. The molecular weight excluding hydrogens is 346 g/mol. The maximum atomic E-state index is 13.3. The number of para-hydroxylation sites is 1. The summed E-state index contributed by atoms with van der Waals surface area (Å²) in [4.78, 5) is 27.1. The number of carbonyl (C=O) groups is 1. The average Bonchev–Trinajstić information content (AvgIpc) is 3.30. The Morgan fingerprint density at radius 2 is 1.88 bits per heavy atom. The van der Waals surface area contributed by atoms with Gasteiger partial charge in [0.1, 0.15) is 11.6 Å². The summed E-state index contributed by atoms with van der Waals surface area (Å²) in [5.74, 6) is 0.349. The summed E-state index contributed by atoms with van der Waals surface area (Å²) < 4.78 is 1.56. The van der Waals surface area contributed by atoms with E-state index in [1.807, 2.05) is 47.8 Å². The molecule has 1 aromatic carbocycles. The molecule has 0 amide bonds. The molecule has 0 unspecified atom stereocenters. The minimum absolute atomic E-state index is 0.102. The third-order valence-electron chi connectivity index (χ3n) is 5.14. The number of thiophene rings is 1. The lowest BCUT2D eigenvalue weighted by atomic mass is 9.75. The van der Waals surface area contributed by atoms with Crippen LogP contribution in [0.25, 0.3) is 5.69 Å². The highest BCUT2D eigenvalue weighted by atomic mass is 32.1. The van der Waals surface area contributed by atoms with Crippen LogP contribution in [0.15, 0.2) is 64.4 Å². The van der Waals surface area contributed by atoms with E-state index in [0.717, 1.165) is 22.7 Å². The van der Waals surface area contributed by atoms with Gasteiger partial charge in [0, 0.05) is 22.9 Å². The molecule has 6 heteroatoms. The van der Waals surface area contributed by atoms with E-state index in [-0.39, 0.29) is 23.2 Å². The van der Waals surface area contributed by atoms with Crippen molar-refractivity contribution in [3.63, 3.8) is 0 Å². The number of anilines is 1. The van der Waals surface area contributed by atoms with E-state index in [1.54, 1.807) is 16.0 Å². The fourth-order valence-corrected chi connectivity index (χ4v) is 4.87. The van der Waals surface area contributed by atoms with Crippen molar-refractivity contribution in [2.24, 2.45) is 5.92 Å². The van der Waals surface area contributed by atoms with Crippen LogP contribution in [0.1, 0.15) is 29.2 Å². The Bertz CT molecular complexity index is 1060. The van der Waals surface area contributed by atoms with E-state index in [4.69, 9.17) is 0 Å². The zero-order valence-corrected chi connectivity index (χ0v) is 14.8. The number of carbonyl (C=O) groups excluding carboxylic acids is 1. The largest absolute Gasteiger partial charge is 0.343 e. The highest BCUT2D eigenvalue weighted by molar-refractivity contribution is 7.10. The average molecular weight is 363 g/mol. The van der Waals surface area contributed by atoms with Gasteiger partial charge < -0.3 is 5.32 Å². The highest BCUT2D eigenvalue weighted by Crippen LogP contribution is 2.46. The van der Waals surface area contributed by atoms with Crippen molar-refractivity contribution >= 4 is 22.9 Å². The number of hydrogen-bond donors (Lipinski definition) is 2. The number of rotatable bonds is 2. The van der Waals surface area contributed by atoms with Gasteiger partial charge in [-0.05, 0) is 30.0 Å². The van der Waals surface area contributed by atoms with Gasteiger partial charge in [-0.15, -0.1) is 11.3 Å². The first-order valence-electron chi connectivity index (χ1n) is 8.67. The van der Waals surface area contributed by atoms with E-state index in [9.17, 15) is 9.59 Å². The fraction of sp³-hybridized carbons (Fsp3) is 0.200. The van der Waals surface area contributed by atoms with Crippen molar-refractivity contribution in [2.75, 3.05) is 5.32 Å². The van der Waals surface area contributed by atoms with Crippen molar-refractivity contribution < 1.29 is 4.79 Å². The SMILES string of the molecule is O=C1CCC=C2Nc3[nH]n(-c4ccccc4)c(=O)c3[C@H](c3cccs3)[C@@H]12. The quantitative estimate of drug-likeness (QED) is 0.730. The monoisotopic (exact) mass is 363 g/mol. The first-order valence-corrected chi connectivity index (χ1v) is 9.55. The molecular formula is C20H17N3O2S. The maximum absolute atomic E-state index is 13.3. The smallest absolute Gasteiger partial charge is 0.277 e. The van der Waals surface area contributed by atoms with E-state index < -0.39 is 0 Å². The zero-order valence-electron chi connectivity index (χ0n) is 13.9. The highest BCUT2D eigenvalue weighted by Gasteiger charge is 2.43. The predicted molar refractivity (Wildman–Crippen MR) is 102 cm³/mol. The van der Waals surface area contributed by atoms with Gasteiger partial charge in [0.25, 0.3) is 5.56 Å². The molecule has 3 heterocycles. The minimum Gasteiger partial charge on any atom is -0.343 e. The van der Waals surface area contributed by atoms with Gasteiger partial charge >= 0.3 is 0 Å². The Balaban J connectivity index is 1.75. The topological polar surface area (TPSA) is 66.9 Å². The zero-order chi connectivity index (χ0) is 17.7. The number of benzene rings is 1. The number of H-pyrrole nitrogens is 1. The Kier molecular flexibility index (Phi) is 3.46. The second kappa shape index (κ2) is 5.85. The number of nitrogens with one attached hydrogen (secondary N) is 2. The number of ketones is 1. The lowest BCUT2D eigenvalue weighted by molar-refractivity contribution is -0.122. The molecule has 3 aromatic rings. The summed E-state index contributed by atoms with van der Waals surface area (Å²) in [5.41, 5.74) is 2.23. The van der Waals surface area contributed by atoms with Crippen LogP contribution in [-0.2, 0) is 4.79 Å². The van der Waals surface area contributed by atoms with E-state index in [1.165, 1.54) is 0 Å². The second-order valence-electron chi connectivity index (χ2n) is 6.64. The first kappa shape index (κ1) is 15.4. The lowest BCUT2D eigenvalue weighted by Crippen LogP contribution is -2.36. The summed E-state index contributed by atoms with van der Waals surface area (Å²) in [6, 6.07) is 13.5. The van der Waals surface area contributed by atoms with Crippen LogP contribution in [0.3, 0.4) is 0 Å². The van der Waals surface area contributed by atoms with Crippen LogP contribution < -0.4 is 10.9 Å². The molecule has 26 heavy (non-hydrogen) atoms. The van der Waals surface area contributed by atoms with Crippen molar-refractivity contribution in [2.45, 2.75) is 18.8 Å². The van der Waals surface area contributed by atoms with Crippen LogP contribution in [0.2, 0.25) is 0 Å². The standard InChI is InChI=1S/C20H17N3O2S/c24-14-9-4-8-13-16(14)17(15-10-5-11-26-15)18-19(21-13)22-23(20(18)25)12-6-2-1-3-7-12/h1-3,5-8,10-11,16-17,21-22H,4,9H2/t16-,17-/m1/s1. The summed E-state index contributed by atoms with van der Waals surface area (Å²) in [5, 5.41) is 8.52. The number of Topliss-reactive ketones (excluding diaryl/α,β-unsaturated/α-hetero) is 1. The molecule has 1 aliphatic carbocycles. The van der Waals surface area contributed by atoms with Gasteiger partial charge in [-0.25, -0.2) is 4.68 Å². The molecule has 0 saturated heterocycles. The molecule has 5 nitrogen and oxygen atoms in total. The number of hydrogen-bond acceptors (Lipinski definition) is 4. The molecule has 130 valence electrons. The van der Waals surface area contributed by atoms with Crippen LogP contribution in [0, 0.1) is 5.92 Å². The van der Waals surface area contributed by atoms with Crippen LogP contribution in [0.4, 0.5) is 5.82 Å². The van der Waals surface area contributed by atoms with E-state index >= 15 is 0 Å². The van der Waals surface area contributed by atoms with E-state index in [0.29, 0.717) is 17.8 Å². The Hall–Kier alpha value is -2.86. The minimum atomic E-state index is -0.303. The van der Waals surface area contributed by atoms with Gasteiger partial charge in [0.15, 0.2) is 0 Å². The Morgan fingerprint density at radius 3 is 2.65 bits per heavy atom. The van der Waals surface area contributed by atoms with Crippen LogP contribution in [-0.4, -0.2) is 15.6 Å². The number of allylic oxidation sites excluding steroid dienone is 2. The Labute approximate surface area is 154 Å². The molecule has 0 spiro atoms. The van der Waals surface area contributed by atoms with Crippen molar-refractivity contribution in [1.82, 2.24) is 9.78 Å². The number of aromatic amines is 1. The molecule has 0 radical (unpaired) electrons. The maximum Gasteiger partial charge on any atom is 0.277 e. The third-order valence-corrected chi connectivity index (χ3v) is 6.10. The molecule has 0 fully saturated rings. The summed E-state index contributed by atoms with van der Waals surface area (Å²) >= 11 is 1.60. The molecule has 1 aliphatic heterocycles. The van der Waals surface area contributed by atoms with Crippen molar-refractivity contribution in [1.29, 1.82) is 0 Å². The summed E-state index contributed by atoms with van der Waals surface area (Å²) in [6.45, 7) is 0. The normalized spacial score (nSPS) is 21.5. The van der Waals surface area contributed by atoms with Gasteiger partial charge in [-0.2, -0.15) is 0 Å². The third kappa shape index (κ3) is 2.22.